The largest absolute Gasteiger partial charge is 0.443 e. The van der Waals surface area contributed by atoms with Crippen LogP contribution >= 0.6 is 0 Å². The number of nitrogens with one attached hydrogen (secondary N) is 1. The van der Waals surface area contributed by atoms with E-state index in [4.69, 9.17) is 10.5 Å². The zero-order valence-electron chi connectivity index (χ0n) is 20.5. The number of hydrogen-bond acceptors (Lipinski definition) is 7. The number of fused-ring (bicyclic) bond motifs is 1. The Morgan fingerprint density at radius 3 is 2.68 bits per heavy atom. The highest BCUT2D eigenvalue weighted by atomic mass is 19.1. The Labute approximate surface area is 213 Å². The summed E-state index contributed by atoms with van der Waals surface area (Å²) < 4.78 is 21.1. The van der Waals surface area contributed by atoms with Gasteiger partial charge >= 0.3 is 5.97 Å². The highest BCUT2D eigenvalue weighted by molar-refractivity contribution is 5.99. The van der Waals surface area contributed by atoms with E-state index in [0.29, 0.717) is 39.8 Å². The summed E-state index contributed by atoms with van der Waals surface area (Å²) in [5.41, 5.74) is 9.69. The molecule has 0 aromatic carbocycles. The molecule has 0 spiro atoms. The van der Waals surface area contributed by atoms with E-state index in [1.807, 2.05) is 19.9 Å². The van der Waals surface area contributed by atoms with Crippen LogP contribution in [-0.2, 0) is 21.1 Å². The lowest BCUT2D eigenvalue weighted by Crippen LogP contribution is -2.33. The number of rotatable bonds is 9. The number of carbonyl (C=O) groups excluding carboxylic acids is 2. The summed E-state index contributed by atoms with van der Waals surface area (Å²) in [7, 11) is 0. The molecule has 0 bridgehead atoms. The molecular formula is C27H27FN6O3. The van der Waals surface area contributed by atoms with Gasteiger partial charge in [0.25, 0.3) is 0 Å². The second-order valence-corrected chi connectivity index (χ2v) is 8.96. The first-order valence-corrected chi connectivity index (χ1v) is 11.7. The molecule has 0 aliphatic heterocycles. The minimum atomic E-state index is -0.725. The second kappa shape index (κ2) is 11.1. The van der Waals surface area contributed by atoms with Crippen LogP contribution in [0.5, 0.6) is 0 Å². The minimum absolute atomic E-state index is 0.105. The average molecular weight is 503 g/mol. The number of carbonyl (C=O) groups is 2. The number of pyridine rings is 3. The Morgan fingerprint density at radius 2 is 1.95 bits per heavy atom. The van der Waals surface area contributed by atoms with Gasteiger partial charge < -0.3 is 15.8 Å². The maximum absolute atomic E-state index is 14.0. The van der Waals surface area contributed by atoms with E-state index in [1.165, 1.54) is 24.5 Å². The van der Waals surface area contributed by atoms with E-state index >= 15 is 0 Å². The van der Waals surface area contributed by atoms with Gasteiger partial charge in [0.1, 0.15) is 11.7 Å². The van der Waals surface area contributed by atoms with Gasteiger partial charge in [-0.25, -0.2) is 9.97 Å². The minimum Gasteiger partial charge on any atom is -0.443 e. The van der Waals surface area contributed by atoms with E-state index in [-0.39, 0.29) is 18.6 Å². The Bertz CT molecular complexity index is 1470. The van der Waals surface area contributed by atoms with E-state index < -0.39 is 18.0 Å². The highest BCUT2D eigenvalue weighted by Crippen LogP contribution is 2.33. The number of amides is 1. The highest BCUT2D eigenvalue weighted by Gasteiger charge is 2.19. The zero-order valence-corrected chi connectivity index (χ0v) is 20.5. The van der Waals surface area contributed by atoms with Gasteiger partial charge in [-0.1, -0.05) is 20.4 Å². The quantitative estimate of drug-likeness (QED) is 0.199. The molecule has 1 atom stereocenters. The maximum atomic E-state index is 14.0. The van der Waals surface area contributed by atoms with Crippen LogP contribution < -0.4 is 11.1 Å². The second-order valence-electron chi connectivity index (χ2n) is 8.96. The number of halogens is 1. The van der Waals surface area contributed by atoms with Crippen LogP contribution in [0.1, 0.15) is 20.3 Å². The third kappa shape index (κ3) is 6.04. The monoisotopic (exact) mass is 502 g/mol. The van der Waals surface area contributed by atoms with E-state index in [1.54, 1.807) is 35.3 Å². The van der Waals surface area contributed by atoms with E-state index in [9.17, 15) is 14.0 Å². The smallest absolute Gasteiger partial charge is 0.324 e. The molecule has 37 heavy (non-hydrogen) atoms. The van der Waals surface area contributed by atoms with Crippen molar-refractivity contribution in [1.29, 1.82) is 0 Å². The molecule has 0 aliphatic rings. The molecule has 0 unspecified atom stereocenters. The fourth-order valence-electron chi connectivity index (χ4n) is 3.93. The van der Waals surface area contributed by atoms with Crippen LogP contribution in [0, 0.1) is 11.9 Å². The van der Waals surface area contributed by atoms with Crippen LogP contribution in [0.15, 0.2) is 67.9 Å². The van der Waals surface area contributed by atoms with Crippen LogP contribution in [-0.4, -0.2) is 37.4 Å². The summed E-state index contributed by atoms with van der Waals surface area (Å²) in [5.74, 6) is -1.23. The number of anilines is 1. The van der Waals surface area contributed by atoms with Crippen LogP contribution in [0.4, 0.5) is 10.1 Å². The molecule has 4 heterocycles. The summed E-state index contributed by atoms with van der Waals surface area (Å²) in [6.45, 7) is 7.30. The predicted molar refractivity (Wildman–Crippen MR) is 139 cm³/mol. The third-order valence-electron chi connectivity index (χ3n) is 5.65. The van der Waals surface area contributed by atoms with Crippen molar-refractivity contribution in [3.05, 3.63) is 73.9 Å². The first kappa shape index (κ1) is 25.6. The average Bonchev–Trinajstić information content (AvgIpc) is 3.24. The predicted octanol–water partition coefficient (Wildman–Crippen LogP) is 4.30. The van der Waals surface area contributed by atoms with Crippen molar-refractivity contribution in [2.75, 3.05) is 5.32 Å². The van der Waals surface area contributed by atoms with Crippen molar-refractivity contribution < 1.29 is 18.7 Å². The molecule has 0 saturated carbocycles. The van der Waals surface area contributed by atoms with Crippen molar-refractivity contribution in [2.24, 2.45) is 11.7 Å². The van der Waals surface area contributed by atoms with Gasteiger partial charge in [0.2, 0.25) is 11.9 Å². The Kier molecular flexibility index (Phi) is 7.69. The van der Waals surface area contributed by atoms with Crippen LogP contribution in [0.25, 0.3) is 33.3 Å². The summed E-state index contributed by atoms with van der Waals surface area (Å²) in [4.78, 5) is 36.5. The summed E-state index contributed by atoms with van der Waals surface area (Å²) in [5, 5.41) is 3.38. The first-order chi connectivity index (χ1) is 17.7. The molecule has 4 rings (SSSR count). The van der Waals surface area contributed by atoms with Crippen LogP contribution in [0.2, 0.25) is 0 Å². The summed E-state index contributed by atoms with van der Waals surface area (Å²) in [6.07, 6.45) is 9.63. The number of nitrogens with zero attached hydrogens (tertiary/aromatic N) is 4. The fraction of sp³-hybridized carbons (Fsp3) is 0.222. The van der Waals surface area contributed by atoms with Gasteiger partial charge in [0.15, 0.2) is 6.73 Å². The van der Waals surface area contributed by atoms with E-state index in [0.717, 1.165) is 5.56 Å². The number of ether oxygens (including phenoxy) is 1. The molecule has 0 saturated heterocycles. The van der Waals surface area contributed by atoms with Gasteiger partial charge in [-0.05, 0) is 42.2 Å². The molecule has 0 aliphatic carbocycles. The molecule has 0 radical (unpaired) electrons. The number of hydrogen-bond donors (Lipinski definition) is 2. The third-order valence-corrected chi connectivity index (χ3v) is 5.65. The lowest BCUT2D eigenvalue weighted by molar-refractivity contribution is -0.149. The summed E-state index contributed by atoms with van der Waals surface area (Å²) in [6, 6.07) is 5.93. The Hall–Kier alpha value is -4.44. The number of aromatic nitrogens is 4. The van der Waals surface area contributed by atoms with Crippen molar-refractivity contribution >= 4 is 28.6 Å². The molecule has 190 valence electrons. The number of nitrogens with two attached hydrogens (primary N) is 1. The standard InChI is InChI=1S/C27H27FN6O3/c1-4-25(35)33-20-8-18(11-30-13-20)19-9-21-22(17-5-6-31-24(28)10-17)14-34(26(21)32-12-19)15-37-27(36)23(29)7-16(2)3/h4-6,8-14,16,23H,1,7,15,29H2,2-3H3,(H,33,35)/t23-/m0/s1. The fourth-order valence-corrected chi connectivity index (χ4v) is 3.93. The molecule has 1 amide bonds. The van der Waals surface area contributed by atoms with E-state index in [2.05, 4.69) is 26.8 Å². The van der Waals surface area contributed by atoms with Gasteiger partial charge in [-0.2, -0.15) is 4.39 Å². The maximum Gasteiger partial charge on any atom is 0.324 e. The molecule has 0 fully saturated rings. The normalized spacial score (nSPS) is 11.9. The zero-order chi connectivity index (χ0) is 26.5. The topological polar surface area (TPSA) is 125 Å². The number of esters is 1. The van der Waals surface area contributed by atoms with Gasteiger partial charge in [0.05, 0.1) is 11.9 Å². The SMILES string of the molecule is C=CC(=O)Nc1cncc(-c2cnc3c(c2)c(-c2ccnc(F)c2)cn3COC(=O)[C@@H](N)CC(C)C)c1. The lowest BCUT2D eigenvalue weighted by atomic mass is 10.0. The van der Waals surface area contributed by atoms with Gasteiger partial charge in [0, 0.05) is 52.9 Å². The molecule has 4 aromatic rings. The van der Waals surface area contributed by atoms with Crippen molar-refractivity contribution in [1.82, 2.24) is 19.5 Å². The molecular weight excluding hydrogens is 475 g/mol. The van der Waals surface area contributed by atoms with Crippen LogP contribution in [0.3, 0.4) is 0 Å². The first-order valence-electron chi connectivity index (χ1n) is 11.7. The summed E-state index contributed by atoms with van der Waals surface area (Å²) >= 11 is 0. The Morgan fingerprint density at radius 1 is 1.16 bits per heavy atom. The Balaban J connectivity index is 1.73. The lowest BCUT2D eigenvalue weighted by Gasteiger charge is -2.14. The van der Waals surface area contributed by atoms with Gasteiger partial charge in [-0.3, -0.25) is 19.1 Å². The van der Waals surface area contributed by atoms with Crippen molar-refractivity contribution in [3.63, 3.8) is 0 Å². The van der Waals surface area contributed by atoms with Crippen molar-refractivity contribution in [3.8, 4) is 22.3 Å². The molecule has 10 heteroatoms. The molecule has 4 aromatic heterocycles. The molecule has 3 N–H and O–H groups in total. The van der Waals surface area contributed by atoms with Crippen molar-refractivity contribution in [2.45, 2.75) is 33.0 Å². The van der Waals surface area contributed by atoms with Gasteiger partial charge in [-0.15, -0.1) is 0 Å². The molecule has 9 nitrogen and oxygen atoms in total.